The fourth-order valence-electron chi connectivity index (χ4n) is 2.96. The van der Waals surface area contributed by atoms with Crippen molar-refractivity contribution in [3.05, 3.63) is 29.0 Å². The van der Waals surface area contributed by atoms with Crippen molar-refractivity contribution >= 4 is 16.9 Å². The SMILES string of the molecule is Cc1cc(C)c2onc(CC(=O)NCCN3CCOCC3)c2c1. The number of aryl methyl sites for hydroxylation is 2. The minimum atomic E-state index is -0.0207. The van der Waals surface area contributed by atoms with Gasteiger partial charge in [0, 0.05) is 31.6 Å². The molecule has 1 fully saturated rings. The Labute approximate surface area is 135 Å². The minimum absolute atomic E-state index is 0.0207. The Morgan fingerprint density at radius 1 is 1.30 bits per heavy atom. The minimum Gasteiger partial charge on any atom is -0.379 e. The summed E-state index contributed by atoms with van der Waals surface area (Å²) in [7, 11) is 0. The molecule has 3 rings (SSSR count). The van der Waals surface area contributed by atoms with Crippen LogP contribution in [0.3, 0.4) is 0 Å². The fraction of sp³-hybridized carbons (Fsp3) is 0.529. The first-order chi connectivity index (χ1) is 11.1. The summed E-state index contributed by atoms with van der Waals surface area (Å²) < 4.78 is 10.7. The fourth-order valence-corrected chi connectivity index (χ4v) is 2.96. The van der Waals surface area contributed by atoms with E-state index in [-0.39, 0.29) is 12.3 Å². The molecule has 2 aromatic rings. The predicted molar refractivity (Wildman–Crippen MR) is 87.5 cm³/mol. The largest absolute Gasteiger partial charge is 0.379 e. The Bertz CT molecular complexity index is 690. The van der Waals surface area contributed by atoms with Crippen molar-refractivity contribution in [3.63, 3.8) is 0 Å². The molecule has 0 bridgehead atoms. The number of benzene rings is 1. The number of carbonyl (C=O) groups is 1. The van der Waals surface area contributed by atoms with Crippen molar-refractivity contribution in [2.24, 2.45) is 0 Å². The number of ether oxygens (including phenoxy) is 1. The van der Waals surface area contributed by atoms with Crippen LogP contribution in [0.2, 0.25) is 0 Å². The van der Waals surface area contributed by atoms with Gasteiger partial charge in [-0.05, 0) is 31.0 Å². The van der Waals surface area contributed by atoms with Gasteiger partial charge in [0.05, 0.1) is 19.6 Å². The molecular weight excluding hydrogens is 294 g/mol. The molecule has 1 amide bonds. The normalized spacial score (nSPS) is 15.9. The van der Waals surface area contributed by atoms with Gasteiger partial charge < -0.3 is 14.6 Å². The summed E-state index contributed by atoms with van der Waals surface area (Å²) in [5.74, 6) is -0.0207. The summed E-state index contributed by atoms with van der Waals surface area (Å²) in [6.45, 7) is 8.94. The summed E-state index contributed by atoms with van der Waals surface area (Å²) in [4.78, 5) is 14.4. The van der Waals surface area contributed by atoms with Crippen LogP contribution in [0.4, 0.5) is 0 Å². The zero-order valence-electron chi connectivity index (χ0n) is 13.7. The number of carbonyl (C=O) groups excluding carboxylic acids is 1. The number of rotatable bonds is 5. The number of hydrogen-bond acceptors (Lipinski definition) is 5. The van der Waals surface area contributed by atoms with Crippen LogP contribution in [-0.2, 0) is 16.0 Å². The number of nitrogens with one attached hydrogen (secondary N) is 1. The van der Waals surface area contributed by atoms with Crippen molar-refractivity contribution < 1.29 is 14.1 Å². The van der Waals surface area contributed by atoms with E-state index in [0.29, 0.717) is 12.2 Å². The summed E-state index contributed by atoms with van der Waals surface area (Å²) in [5, 5.41) is 7.97. The Morgan fingerprint density at radius 2 is 2.09 bits per heavy atom. The molecule has 0 unspecified atom stereocenters. The number of fused-ring (bicyclic) bond motifs is 1. The maximum atomic E-state index is 12.1. The van der Waals surface area contributed by atoms with Gasteiger partial charge in [0.15, 0.2) is 5.58 Å². The van der Waals surface area contributed by atoms with Crippen LogP contribution in [0.25, 0.3) is 11.0 Å². The molecule has 0 radical (unpaired) electrons. The van der Waals surface area contributed by atoms with Crippen LogP contribution in [0.5, 0.6) is 0 Å². The monoisotopic (exact) mass is 317 g/mol. The summed E-state index contributed by atoms with van der Waals surface area (Å²) in [6, 6.07) is 4.08. The summed E-state index contributed by atoms with van der Waals surface area (Å²) in [6.07, 6.45) is 0.249. The van der Waals surface area contributed by atoms with Gasteiger partial charge in [-0.3, -0.25) is 9.69 Å². The first-order valence-electron chi connectivity index (χ1n) is 8.06. The van der Waals surface area contributed by atoms with Gasteiger partial charge in [0.2, 0.25) is 5.91 Å². The molecule has 124 valence electrons. The highest BCUT2D eigenvalue weighted by Crippen LogP contribution is 2.23. The first-order valence-corrected chi connectivity index (χ1v) is 8.06. The molecule has 2 heterocycles. The molecule has 1 N–H and O–H groups in total. The molecule has 1 saturated heterocycles. The predicted octanol–water partition coefficient (Wildman–Crippen LogP) is 1.44. The van der Waals surface area contributed by atoms with Crippen molar-refractivity contribution in [1.82, 2.24) is 15.4 Å². The molecule has 1 aromatic heterocycles. The first kappa shape index (κ1) is 16.0. The Hall–Kier alpha value is -1.92. The van der Waals surface area contributed by atoms with Crippen LogP contribution in [0.1, 0.15) is 16.8 Å². The molecule has 0 atom stereocenters. The van der Waals surface area contributed by atoms with E-state index in [1.807, 2.05) is 19.9 Å². The van der Waals surface area contributed by atoms with Crippen molar-refractivity contribution in [1.29, 1.82) is 0 Å². The second-order valence-corrected chi connectivity index (χ2v) is 6.07. The molecular formula is C17H23N3O3. The third kappa shape index (κ3) is 3.89. The van der Waals surface area contributed by atoms with E-state index >= 15 is 0 Å². The Balaban J connectivity index is 1.55. The van der Waals surface area contributed by atoms with Gasteiger partial charge in [-0.15, -0.1) is 0 Å². The van der Waals surface area contributed by atoms with E-state index in [1.165, 1.54) is 0 Å². The molecule has 0 aliphatic carbocycles. The van der Waals surface area contributed by atoms with Gasteiger partial charge in [0.25, 0.3) is 0 Å². The van der Waals surface area contributed by atoms with E-state index in [0.717, 1.165) is 54.9 Å². The average molecular weight is 317 g/mol. The van der Waals surface area contributed by atoms with E-state index in [9.17, 15) is 4.79 Å². The van der Waals surface area contributed by atoms with Gasteiger partial charge >= 0.3 is 0 Å². The zero-order valence-corrected chi connectivity index (χ0v) is 13.7. The number of nitrogens with zero attached hydrogens (tertiary/aromatic N) is 2. The van der Waals surface area contributed by atoms with E-state index in [1.54, 1.807) is 0 Å². The number of aromatic nitrogens is 1. The lowest BCUT2D eigenvalue weighted by Gasteiger charge is -2.26. The lowest BCUT2D eigenvalue weighted by Crippen LogP contribution is -2.41. The smallest absolute Gasteiger partial charge is 0.226 e. The quantitative estimate of drug-likeness (QED) is 0.904. The van der Waals surface area contributed by atoms with E-state index < -0.39 is 0 Å². The second-order valence-electron chi connectivity index (χ2n) is 6.07. The second kappa shape index (κ2) is 7.10. The molecule has 1 aliphatic heterocycles. The molecule has 0 spiro atoms. The maximum absolute atomic E-state index is 12.1. The van der Waals surface area contributed by atoms with Crippen molar-refractivity contribution in [3.8, 4) is 0 Å². The standard InChI is InChI=1S/C17H23N3O3/c1-12-9-13(2)17-14(10-12)15(19-23-17)11-16(21)18-3-4-20-5-7-22-8-6-20/h9-10H,3-8,11H2,1-2H3,(H,18,21). The van der Waals surface area contributed by atoms with Gasteiger partial charge in [-0.25, -0.2) is 0 Å². The van der Waals surface area contributed by atoms with Crippen LogP contribution in [0, 0.1) is 13.8 Å². The number of amides is 1. The molecule has 1 aromatic carbocycles. The number of morpholine rings is 1. The highest BCUT2D eigenvalue weighted by Gasteiger charge is 2.15. The molecule has 1 aliphatic rings. The Morgan fingerprint density at radius 3 is 2.87 bits per heavy atom. The van der Waals surface area contributed by atoms with Gasteiger partial charge in [-0.1, -0.05) is 11.2 Å². The average Bonchev–Trinajstić information content (AvgIpc) is 2.91. The highest BCUT2D eigenvalue weighted by molar-refractivity contribution is 5.88. The molecule has 6 heteroatoms. The molecule has 0 saturated carbocycles. The van der Waals surface area contributed by atoms with E-state index in [2.05, 4.69) is 21.4 Å². The Kier molecular flexibility index (Phi) is 4.93. The van der Waals surface area contributed by atoms with Gasteiger partial charge in [0.1, 0.15) is 5.69 Å². The summed E-state index contributed by atoms with van der Waals surface area (Å²) >= 11 is 0. The lowest BCUT2D eigenvalue weighted by molar-refractivity contribution is -0.120. The van der Waals surface area contributed by atoms with Gasteiger partial charge in [-0.2, -0.15) is 0 Å². The van der Waals surface area contributed by atoms with Crippen molar-refractivity contribution in [2.45, 2.75) is 20.3 Å². The van der Waals surface area contributed by atoms with Crippen LogP contribution in [0.15, 0.2) is 16.7 Å². The summed E-state index contributed by atoms with van der Waals surface area (Å²) in [5.41, 5.74) is 3.67. The molecule has 23 heavy (non-hydrogen) atoms. The lowest BCUT2D eigenvalue weighted by atomic mass is 10.1. The topological polar surface area (TPSA) is 67.6 Å². The third-order valence-corrected chi connectivity index (χ3v) is 4.16. The zero-order chi connectivity index (χ0) is 16.2. The number of hydrogen-bond donors (Lipinski definition) is 1. The third-order valence-electron chi connectivity index (χ3n) is 4.16. The van der Waals surface area contributed by atoms with Crippen molar-refractivity contribution in [2.75, 3.05) is 39.4 Å². The molecule has 6 nitrogen and oxygen atoms in total. The van der Waals surface area contributed by atoms with Crippen LogP contribution < -0.4 is 5.32 Å². The van der Waals surface area contributed by atoms with Crippen LogP contribution in [-0.4, -0.2) is 55.4 Å². The van der Waals surface area contributed by atoms with Crippen LogP contribution >= 0.6 is 0 Å². The maximum Gasteiger partial charge on any atom is 0.226 e. The highest BCUT2D eigenvalue weighted by atomic mass is 16.5. The van der Waals surface area contributed by atoms with E-state index in [4.69, 9.17) is 9.26 Å².